The van der Waals surface area contributed by atoms with Gasteiger partial charge in [0.2, 0.25) is 0 Å². The summed E-state index contributed by atoms with van der Waals surface area (Å²) >= 11 is 0. The van der Waals surface area contributed by atoms with Crippen LogP contribution in [-0.2, 0) is 9.31 Å². The van der Waals surface area contributed by atoms with E-state index in [0.717, 1.165) is 34.0 Å². The molecule has 5 heteroatoms. The number of hydrogen-bond acceptors (Lipinski definition) is 4. The zero-order valence-corrected chi connectivity index (χ0v) is 18.3. The van der Waals surface area contributed by atoms with E-state index in [0.29, 0.717) is 11.3 Å². The Labute approximate surface area is 174 Å². The quantitative estimate of drug-likeness (QED) is 0.424. The second-order valence-electron chi connectivity index (χ2n) is 8.55. The van der Waals surface area contributed by atoms with Crippen LogP contribution in [0, 0.1) is 13.8 Å². The molecule has 1 aliphatic heterocycles. The van der Waals surface area contributed by atoms with Crippen molar-refractivity contribution >= 4 is 31.0 Å². The van der Waals surface area contributed by atoms with E-state index in [1.54, 1.807) is 7.11 Å². The zero-order valence-electron chi connectivity index (χ0n) is 18.3. The number of carbonyl (C=O) groups is 1. The summed E-state index contributed by atoms with van der Waals surface area (Å²) in [5, 5.41) is 0. The molecule has 1 saturated heterocycles. The van der Waals surface area contributed by atoms with Crippen LogP contribution < -0.4 is 10.2 Å². The number of hydrogen-bond donors (Lipinski definition) is 0. The van der Waals surface area contributed by atoms with Gasteiger partial charge in [0.05, 0.1) is 23.9 Å². The number of aryl methyl sites for hydroxylation is 1. The highest BCUT2D eigenvalue weighted by Gasteiger charge is 2.52. The standard InChI is InChI=1S/C24H29BO4/c1-16-13-20(15-26)22(27-7)14-19(16)12-11-18-9-8-10-21(17(18)2)25-28-23(3,4)24(5,6)29-25/h8-15H,1-7H3/b12-11+. The van der Waals surface area contributed by atoms with Gasteiger partial charge in [-0.05, 0) is 81.4 Å². The smallest absolute Gasteiger partial charge is 0.495 e. The molecular formula is C24H29BO4. The highest BCUT2D eigenvalue weighted by molar-refractivity contribution is 6.62. The van der Waals surface area contributed by atoms with Gasteiger partial charge in [-0.25, -0.2) is 0 Å². The molecule has 0 radical (unpaired) electrons. The van der Waals surface area contributed by atoms with Crippen LogP contribution >= 0.6 is 0 Å². The average Bonchev–Trinajstić information content (AvgIpc) is 2.88. The fourth-order valence-electron chi connectivity index (χ4n) is 3.43. The predicted molar refractivity (Wildman–Crippen MR) is 119 cm³/mol. The molecule has 1 fully saturated rings. The minimum Gasteiger partial charge on any atom is -0.496 e. The highest BCUT2D eigenvalue weighted by atomic mass is 16.7. The first-order valence-corrected chi connectivity index (χ1v) is 9.86. The summed E-state index contributed by atoms with van der Waals surface area (Å²) in [4.78, 5) is 11.2. The molecule has 152 valence electrons. The van der Waals surface area contributed by atoms with E-state index in [9.17, 15) is 4.79 Å². The van der Waals surface area contributed by atoms with Gasteiger partial charge in [-0.3, -0.25) is 4.79 Å². The highest BCUT2D eigenvalue weighted by Crippen LogP contribution is 2.36. The molecule has 2 aromatic rings. The van der Waals surface area contributed by atoms with Crippen molar-refractivity contribution in [3.8, 4) is 5.75 Å². The molecule has 0 bridgehead atoms. The largest absolute Gasteiger partial charge is 0.496 e. The molecule has 3 rings (SSSR count). The summed E-state index contributed by atoms with van der Waals surface area (Å²) in [5.74, 6) is 0.577. The average molecular weight is 392 g/mol. The maximum absolute atomic E-state index is 11.2. The van der Waals surface area contributed by atoms with Crippen LogP contribution in [0.15, 0.2) is 30.3 Å². The summed E-state index contributed by atoms with van der Waals surface area (Å²) in [5.41, 5.74) is 5.09. The van der Waals surface area contributed by atoms with Gasteiger partial charge in [-0.15, -0.1) is 0 Å². The van der Waals surface area contributed by atoms with Crippen molar-refractivity contribution in [3.05, 3.63) is 58.1 Å². The molecule has 1 aliphatic rings. The van der Waals surface area contributed by atoms with Crippen LogP contribution in [0.3, 0.4) is 0 Å². The van der Waals surface area contributed by atoms with Crippen LogP contribution in [0.1, 0.15) is 60.3 Å². The number of methoxy groups -OCH3 is 1. The van der Waals surface area contributed by atoms with E-state index < -0.39 is 0 Å². The minimum atomic E-state index is -0.387. The molecule has 0 spiro atoms. The number of rotatable bonds is 5. The van der Waals surface area contributed by atoms with Crippen molar-refractivity contribution in [2.75, 3.05) is 7.11 Å². The van der Waals surface area contributed by atoms with Gasteiger partial charge >= 0.3 is 7.12 Å². The van der Waals surface area contributed by atoms with Crippen LogP contribution in [0.4, 0.5) is 0 Å². The summed E-state index contributed by atoms with van der Waals surface area (Å²) in [6, 6.07) is 9.90. The molecule has 0 aromatic heterocycles. The topological polar surface area (TPSA) is 44.8 Å². The number of carbonyl (C=O) groups excluding carboxylic acids is 1. The number of aldehydes is 1. The van der Waals surface area contributed by atoms with Gasteiger partial charge in [0.25, 0.3) is 0 Å². The van der Waals surface area contributed by atoms with Crippen molar-refractivity contribution in [2.24, 2.45) is 0 Å². The van der Waals surface area contributed by atoms with E-state index in [-0.39, 0.29) is 18.3 Å². The third-order valence-corrected chi connectivity index (χ3v) is 6.11. The molecule has 0 saturated carbocycles. The lowest BCUT2D eigenvalue weighted by Gasteiger charge is -2.32. The monoisotopic (exact) mass is 392 g/mol. The second-order valence-corrected chi connectivity index (χ2v) is 8.55. The van der Waals surface area contributed by atoms with Crippen molar-refractivity contribution in [1.29, 1.82) is 0 Å². The fraction of sp³-hybridized carbons (Fsp3) is 0.375. The van der Waals surface area contributed by atoms with Gasteiger partial charge < -0.3 is 14.0 Å². The first-order chi connectivity index (χ1) is 13.6. The first-order valence-electron chi connectivity index (χ1n) is 9.86. The Bertz CT molecular complexity index is 944. The Morgan fingerprint density at radius 1 is 0.931 bits per heavy atom. The van der Waals surface area contributed by atoms with Crippen LogP contribution in [0.2, 0.25) is 0 Å². The Balaban J connectivity index is 1.93. The maximum atomic E-state index is 11.2. The molecule has 0 atom stereocenters. The molecule has 4 nitrogen and oxygen atoms in total. The van der Waals surface area contributed by atoms with Crippen molar-refractivity contribution in [1.82, 2.24) is 0 Å². The lowest BCUT2D eigenvalue weighted by molar-refractivity contribution is 0.00578. The molecule has 1 heterocycles. The van der Waals surface area contributed by atoms with E-state index in [1.165, 1.54) is 0 Å². The summed E-state index contributed by atoms with van der Waals surface area (Å²) in [6.07, 6.45) is 4.94. The second kappa shape index (κ2) is 7.81. The molecular weight excluding hydrogens is 363 g/mol. The zero-order chi connectivity index (χ0) is 21.4. The van der Waals surface area contributed by atoms with Gasteiger partial charge in [0.1, 0.15) is 5.75 Å². The third kappa shape index (κ3) is 4.03. The normalized spacial score (nSPS) is 17.7. The summed E-state index contributed by atoms with van der Waals surface area (Å²) < 4.78 is 17.8. The number of ether oxygens (including phenoxy) is 1. The number of benzene rings is 2. The Hall–Kier alpha value is -2.37. The molecule has 0 aliphatic carbocycles. The van der Waals surface area contributed by atoms with E-state index in [4.69, 9.17) is 14.0 Å². The van der Waals surface area contributed by atoms with Gasteiger partial charge in [-0.2, -0.15) is 0 Å². The molecule has 0 unspecified atom stereocenters. The molecule has 2 aromatic carbocycles. The maximum Gasteiger partial charge on any atom is 0.495 e. The van der Waals surface area contributed by atoms with Crippen molar-refractivity contribution in [3.63, 3.8) is 0 Å². The van der Waals surface area contributed by atoms with Gasteiger partial charge in [0, 0.05) is 0 Å². The van der Waals surface area contributed by atoms with Crippen LogP contribution in [0.25, 0.3) is 12.2 Å². The van der Waals surface area contributed by atoms with Crippen molar-refractivity contribution < 1.29 is 18.8 Å². The predicted octanol–water partition coefficient (Wildman–Crippen LogP) is 4.59. The Kier molecular flexibility index (Phi) is 5.75. The minimum absolute atomic E-state index is 0.371. The SMILES string of the molecule is COc1cc(/C=C/c2cccc(B3OC(C)(C)C(C)(C)O3)c2C)c(C)cc1C=O. The van der Waals surface area contributed by atoms with E-state index in [2.05, 4.69) is 52.8 Å². The van der Waals surface area contributed by atoms with E-state index >= 15 is 0 Å². The molecule has 0 N–H and O–H groups in total. The fourth-order valence-corrected chi connectivity index (χ4v) is 3.43. The van der Waals surface area contributed by atoms with Crippen LogP contribution in [-0.4, -0.2) is 31.7 Å². The molecule has 0 amide bonds. The lowest BCUT2D eigenvalue weighted by Crippen LogP contribution is -2.41. The Morgan fingerprint density at radius 2 is 1.55 bits per heavy atom. The van der Waals surface area contributed by atoms with E-state index in [1.807, 2.05) is 31.2 Å². The summed E-state index contributed by atoms with van der Waals surface area (Å²) in [7, 11) is 1.19. The Morgan fingerprint density at radius 3 is 2.14 bits per heavy atom. The van der Waals surface area contributed by atoms with Gasteiger partial charge in [0.15, 0.2) is 6.29 Å². The lowest BCUT2D eigenvalue weighted by atomic mass is 9.75. The van der Waals surface area contributed by atoms with Crippen LogP contribution in [0.5, 0.6) is 5.75 Å². The van der Waals surface area contributed by atoms with Crippen molar-refractivity contribution in [2.45, 2.75) is 52.7 Å². The summed E-state index contributed by atoms with van der Waals surface area (Å²) in [6.45, 7) is 12.3. The third-order valence-electron chi connectivity index (χ3n) is 6.11. The van der Waals surface area contributed by atoms with Gasteiger partial charge in [-0.1, -0.05) is 30.4 Å². The molecule has 29 heavy (non-hydrogen) atoms. The first kappa shape index (κ1) is 21.3.